The first-order valence-electron chi connectivity index (χ1n) is 13.8. The maximum absolute atomic E-state index is 14.3. The molecule has 0 saturated carbocycles. The third-order valence-corrected chi connectivity index (χ3v) is 10.7. The van der Waals surface area contributed by atoms with E-state index in [-0.39, 0.29) is 17.6 Å². The first-order valence-corrected chi connectivity index (χ1v) is 16.8. The van der Waals surface area contributed by atoms with Crippen LogP contribution < -0.4 is 4.31 Å². The van der Waals surface area contributed by atoms with E-state index in [1.807, 2.05) is 12.1 Å². The molecular formula is C31H33Cl3FN3O3S. The zero-order chi connectivity index (χ0) is 30.2. The Labute approximate surface area is 262 Å². The SMILES string of the molecule is CN(C[C@@H](CCN1CCC2(CC1)CN(S(C)(=O)=O)c1ccc(F)cc12)c1ccc(Cl)c(Cl)c1)C(=O)c1cccc(Cl)c1. The molecule has 42 heavy (non-hydrogen) atoms. The lowest BCUT2D eigenvalue weighted by Gasteiger charge is -2.40. The van der Waals surface area contributed by atoms with Crippen molar-refractivity contribution in [2.45, 2.75) is 30.6 Å². The fourth-order valence-corrected chi connectivity index (χ4v) is 7.74. The van der Waals surface area contributed by atoms with Crippen LogP contribution in [0.4, 0.5) is 10.1 Å². The van der Waals surface area contributed by atoms with Crippen LogP contribution >= 0.6 is 34.8 Å². The van der Waals surface area contributed by atoms with Crippen molar-refractivity contribution in [1.82, 2.24) is 9.80 Å². The number of piperidine rings is 1. The molecule has 3 aromatic carbocycles. The zero-order valence-corrected chi connectivity index (χ0v) is 26.6. The number of sulfonamides is 1. The molecule has 6 nitrogen and oxygen atoms in total. The number of fused-ring (bicyclic) bond motifs is 2. The molecule has 1 atom stereocenters. The van der Waals surface area contributed by atoms with Crippen LogP contribution in [-0.4, -0.2) is 70.2 Å². The summed E-state index contributed by atoms with van der Waals surface area (Å²) >= 11 is 18.7. The number of hydrogen-bond acceptors (Lipinski definition) is 4. The maximum Gasteiger partial charge on any atom is 0.253 e. The minimum absolute atomic E-state index is 0.00850. The topological polar surface area (TPSA) is 60.9 Å². The summed E-state index contributed by atoms with van der Waals surface area (Å²) < 4.78 is 40.8. The van der Waals surface area contributed by atoms with Gasteiger partial charge in [0.05, 0.1) is 22.0 Å². The molecule has 5 rings (SSSR count). The summed E-state index contributed by atoms with van der Waals surface area (Å²) in [5.41, 5.74) is 2.47. The van der Waals surface area contributed by atoms with Crippen molar-refractivity contribution >= 4 is 56.4 Å². The van der Waals surface area contributed by atoms with Crippen molar-refractivity contribution in [3.8, 4) is 0 Å². The van der Waals surface area contributed by atoms with Crippen LogP contribution in [0.5, 0.6) is 0 Å². The summed E-state index contributed by atoms with van der Waals surface area (Å²) in [4.78, 5) is 17.3. The monoisotopic (exact) mass is 651 g/mol. The van der Waals surface area contributed by atoms with Gasteiger partial charge >= 0.3 is 0 Å². The number of likely N-dealkylation sites (tertiary alicyclic amines) is 1. The highest BCUT2D eigenvalue weighted by atomic mass is 35.5. The number of hydrogen-bond donors (Lipinski definition) is 0. The van der Waals surface area contributed by atoms with E-state index >= 15 is 0 Å². The van der Waals surface area contributed by atoms with Gasteiger partial charge in [-0.15, -0.1) is 0 Å². The summed E-state index contributed by atoms with van der Waals surface area (Å²) in [6.45, 7) is 3.07. The molecule has 11 heteroatoms. The second-order valence-corrected chi connectivity index (χ2v) is 14.6. The van der Waals surface area contributed by atoms with Gasteiger partial charge < -0.3 is 9.80 Å². The van der Waals surface area contributed by atoms with Crippen molar-refractivity contribution in [3.05, 3.63) is 98.2 Å². The van der Waals surface area contributed by atoms with E-state index in [9.17, 15) is 17.6 Å². The van der Waals surface area contributed by atoms with Gasteiger partial charge in [0.25, 0.3) is 5.91 Å². The largest absolute Gasteiger partial charge is 0.341 e. The maximum atomic E-state index is 14.3. The Kier molecular flexibility index (Phi) is 9.12. The lowest BCUT2D eigenvalue weighted by Crippen LogP contribution is -2.46. The molecular weight excluding hydrogens is 620 g/mol. The molecule has 1 fully saturated rings. The quantitative estimate of drug-likeness (QED) is 0.267. The molecule has 224 valence electrons. The van der Waals surface area contributed by atoms with Gasteiger partial charge in [-0.25, -0.2) is 12.8 Å². The van der Waals surface area contributed by atoms with Crippen LogP contribution in [0, 0.1) is 5.82 Å². The number of anilines is 1. The van der Waals surface area contributed by atoms with E-state index < -0.39 is 15.4 Å². The minimum atomic E-state index is -3.48. The average molecular weight is 653 g/mol. The number of benzene rings is 3. The molecule has 0 N–H and O–H groups in total. The third-order valence-electron chi connectivity index (χ3n) is 8.58. The number of likely N-dealkylation sites (N-methyl/N-ethyl adjacent to an activating group) is 1. The molecule has 3 aromatic rings. The molecule has 0 radical (unpaired) electrons. The number of rotatable bonds is 8. The Morgan fingerprint density at radius 2 is 1.76 bits per heavy atom. The van der Waals surface area contributed by atoms with Crippen LogP contribution in [0.2, 0.25) is 15.1 Å². The minimum Gasteiger partial charge on any atom is -0.341 e. The molecule has 1 amide bonds. The number of nitrogens with zero attached hydrogens (tertiary/aromatic N) is 3. The predicted octanol–water partition coefficient (Wildman–Crippen LogP) is 6.85. The molecule has 0 unspecified atom stereocenters. The van der Waals surface area contributed by atoms with Crippen molar-refractivity contribution in [1.29, 1.82) is 0 Å². The highest BCUT2D eigenvalue weighted by Gasteiger charge is 2.47. The van der Waals surface area contributed by atoms with Crippen LogP contribution in [0.1, 0.15) is 46.7 Å². The standard InChI is InChI=1S/C31H33Cl3FN3O3S/c1-36(30(39)22-4-3-5-24(32)16-22)19-23(21-6-8-27(33)28(34)17-21)10-13-37-14-11-31(12-15-37)20-38(42(2,40)41)29-9-7-25(35)18-26(29)31/h3-9,16-18,23H,10-15,19-20H2,1-2H3/t23-/m1/s1. The summed E-state index contributed by atoms with van der Waals surface area (Å²) in [6.07, 6.45) is 3.41. The van der Waals surface area contributed by atoms with Crippen molar-refractivity contribution < 1.29 is 17.6 Å². The van der Waals surface area contributed by atoms with Crippen LogP contribution in [-0.2, 0) is 15.4 Å². The molecule has 1 saturated heterocycles. The number of amides is 1. The normalized spacial score (nSPS) is 17.3. The predicted molar refractivity (Wildman–Crippen MR) is 168 cm³/mol. The van der Waals surface area contributed by atoms with E-state index in [1.54, 1.807) is 48.3 Å². The highest BCUT2D eigenvalue weighted by molar-refractivity contribution is 7.92. The fraction of sp³-hybridized carbons (Fsp3) is 0.387. The lowest BCUT2D eigenvalue weighted by molar-refractivity contribution is 0.0780. The summed E-state index contributed by atoms with van der Waals surface area (Å²) in [5, 5.41) is 1.44. The second-order valence-electron chi connectivity index (χ2n) is 11.4. The molecule has 0 aromatic heterocycles. The van der Waals surface area contributed by atoms with E-state index in [1.165, 1.54) is 22.7 Å². The van der Waals surface area contributed by atoms with Gasteiger partial charge in [0.15, 0.2) is 0 Å². The van der Waals surface area contributed by atoms with Gasteiger partial charge in [-0.05, 0) is 98.6 Å². The Balaban J connectivity index is 1.29. The summed E-state index contributed by atoms with van der Waals surface area (Å²) in [7, 11) is -1.70. The van der Waals surface area contributed by atoms with Gasteiger partial charge in [0, 0.05) is 42.1 Å². The molecule has 2 heterocycles. The van der Waals surface area contributed by atoms with Crippen LogP contribution in [0.25, 0.3) is 0 Å². The average Bonchev–Trinajstić information content (AvgIpc) is 3.26. The number of carbonyl (C=O) groups excluding carboxylic acids is 1. The van der Waals surface area contributed by atoms with Crippen molar-refractivity contribution in [3.63, 3.8) is 0 Å². The summed E-state index contributed by atoms with van der Waals surface area (Å²) in [6, 6.07) is 16.9. The van der Waals surface area contributed by atoms with Crippen LogP contribution in [0.3, 0.4) is 0 Å². The number of halogens is 4. The van der Waals surface area contributed by atoms with Gasteiger partial charge in [0.2, 0.25) is 10.0 Å². The summed E-state index contributed by atoms with van der Waals surface area (Å²) in [5.74, 6) is -0.484. The molecule has 1 spiro atoms. The Morgan fingerprint density at radius 1 is 1.02 bits per heavy atom. The van der Waals surface area contributed by atoms with Gasteiger partial charge in [0.1, 0.15) is 5.82 Å². The first kappa shape index (κ1) is 31.1. The van der Waals surface area contributed by atoms with Gasteiger partial charge in [-0.1, -0.05) is 46.9 Å². The third kappa shape index (κ3) is 6.58. The fourth-order valence-electron chi connectivity index (χ4n) is 6.25. The molecule has 0 aliphatic carbocycles. The Hall–Kier alpha value is -2.36. The van der Waals surface area contributed by atoms with Crippen LogP contribution in [0.15, 0.2) is 60.7 Å². The highest BCUT2D eigenvalue weighted by Crippen LogP contribution is 2.48. The van der Waals surface area contributed by atoms with Gasteiger partial charge in [-0.2, -0.15) is 0 Å². The zero-order valence-electron chi connectivity index (χ0n) is 23.5. The lowest BCUT2D eigenvalue weighted by atomic mass is 9.74. The van der Waals surface area contributed by atoms with Crippen molar-refractivity contribution in [2.24, 2.45) is 0 Å². The molecule has 2 aliphatic rings. The van der Waals surface area contributed by atoms with E-state index in [0.29, 0.717) is 39.4 Å². The first-order chi connectivity index (χ1) is 19.9. The number of carbonyl (C=O) groups is 1. The Morgan fingerprint density at radius 3 is 2.43 bits per heavy atom. The molecule has 0 bridgehead atoms. The van der Waals surface area contributed by atoms with E-state index in [4.69, 9.17) is 34.8 Å². The van der Waals surface area contributed by atoms with Gasteiger partial charge in [-0.3, -0.25) is 9.10 Å². The smallest absolute Gasteiger partial charge is 0.253 e. The molecule has 2 aliphatic heterocycles. The second kappa shape index (κ2) is 12.3. The van der Waals surface area contributed by atoms with Crippen molar-refractivity contribution in [2.75, 3.05) is 50.3 Å². The Bertz CT molecular complexity index is 1600. The van der Waals surface area contributed by atoms with E-state index in [0.717, 1.165) is 50.0 Å². The van der Waals surface area contributed by atoms with E-state index in [2.05, 4.69) is 4.90 Å².